The lowest BCUT2D eigenvalue weighted by Crippen LogP contribution is -2.09. The SMILES string of the molecule is O=C(O)/C=C/c1cc(-c2ccc([N+](=O)[O-])c(C(F)(F)F)c2)c(-c2ccc([N+](=O)[O-])c(C(F)(F)F)c2)o1. The van der Waals surface area contributed by atoms with E-state index >= 15 is 0 Å². The summed E-state index contributed by atoms with van der Waals surface area (Å²) >= 11 is 0. The Labute approximate surface area is 195 Å². The molecule has 15 heteroatoms. The van der Waals surface area contributed by atoms with Gasteiger partial charge in [-0.1, -0.05) is 0 Å². The number of halogens is 6. The number of nitro benzene ring substituents is 2. The van der Waals surface area contributed by atoms with Gasteiger partial charge in [0, 0.05) is 29.3 Å². The van der Waals surface area contributed by atoms with E-state index in [0.717, 1.165) is 24.3 Å². The number of nitrogens with zero attached hydrogens (tertiary/aromatic N) is 2. The fourth-order valence-corrected chi connectivity index (χ4v) is 3.23. The van der Waals surface area contributed by atoms with Gasteiger partial charge < -0.3 is 9.52 Å². The molecule has 0 radical (unpaired) electrons. The van der Waals surface area contributed by atoms with Gasteiger partial charge in [0.1, 0.15) is 22.6 Å². The minimum atomic E-state index is -5.19. The van der Waals surface area contributed by atoms with Crippen molar-refractivity contribution in [2.24, 2.45) is 0 Å². The Balaban J connectivity index is 2.32. The predicted molar refractivity (Wildman–Crippen MR) is 110 cm³/mol. The lowest BCUT2D eigenvalue weighted by Gasteiger charge is -2.11. The van der Waals surface area contributed by atoms with Crippen LogP contribution in [-0.4, -0.2) is 20.9 Å². The maximum absolute atomic E-state index is 13.5. The van der Waals surface area contributed by atoms with E-state index in [1.54, 1.807) is 0 Å². The molecule has 0 saturated heterocycles. The van der Waals surface area contributed by atoms with Crippen LogP contribution < -0.4 is 0 Å². The van der Waals surface area contributed by atoms with Gasteiger partial charge in [-0.25, -0.2) is 4.79 Å². The first-order valence-electron chi connectivity index (χ1n) is 9.36. The number of alkyl halides is 6. The van der Waals surface area contributed by atoms with Crippen molar-refractivity contribution >= 4 is 23.4 Å². The molecule has 0 aliphatic carbocycles. The minimum absolute atomic E-state index is 0.289. The number of aliphatic carboxylic acids is 1. The number of hydrogen-bond acceptors (Lipinski definition) is 6. The Kier molecular flexibility index (Phi) is 6.60. The number of furan rings is 1. The number of carbonyl (C=O) groups is 1. The summed E-state index contributed by atoms with van der Waals surface area (Å²) in [5.74, 6) is -2.25. The van der Waals surface area contributed by atoms with E-state index < -0.39 is 62.0 Å². The van der Waals surface area contributed by atoms with Crippen molar-refractivity contribution < 1.29 is 50.5 Å². The van der Waals surface area contributed by atoms with Crippen LogP contribution in [0.2, 0.25) is 0 Å². The van der Waals surface area contributed by atoms with Gasteiger partial charge >= 0.3 is 18.3 Å². The van der Waals surface area contributed by atoms with Crippen LogP contribution in [-0.2, 0) is 17.1 Å². The van der Waals surface area contributed by atoms with E-state index in [1.807, 2.05) is 0 Å². The monoisotopic (exact) mass is 516 g/mol. The molecule has 1 N–H and O–H groups in total. The molecule has 0 unspecified atom stereocenters. The molecule has 2 aromatic carbocycles. The zero-order chi connectivity index (χ0) is 27.0. The third-order valence-corrected chi connectivity index (χ3v) is 4.71. The first kappa shape index (κ1) is 25.9. The van der Waals surface area contributed by atoms with E-state index in [1.165, 1.54) is 0 Å². The number of carboxylic acids is 1. The summed E-state index contributed by atoms with van der Waals surface area (Å²) in [4.78, 5) is 30.3. The molecule has 1 heterocycles. The molecule has 0 spiro atoms. The van der Waals surface area contributed by atoms with Crippen molar-refractivity contribution in [1.82, 2.24) is 0 Å². The van der Waals surface area contributed by atoms with Crippen LogP contribution in [0.4, 0.5) is 37.7 Å². The van der Waals surface area contributed by atoms with Crippen molar-refractivity contribution in [2.75, 3.05) is 0 Å². The van der Waals surface area contributed by atoms with Crippen LogP contribution in [0.1, 0.15) is 16.9 Å². The summed E-state index contributed by atoms with van der Waals surface area (Å²) < 4.78 is 86.1. The standard InChI is InChI=1S/C21H10F6N2O7/c22-20(23,24)14-7-10(1-4-16(14)28(32)33)13-9-12(3-6-18(30)31)36-19(13)11-2-5-17(29(34)35)15(8-11)21(25,26)27/h1-9H,(H,30,31)/b6-3+. The molecule has 1 aromatic heterocycles. The number of nitro groups is 2. The summed E-state index contributed by atoms with van der Waals surface area (Å²) in [6.07, 6.45) is -8.92. The summed E-state index contributed by atoms with van der Waals surface area (Å²) in [7, 11) is 0. The Morgan fingerprint density at radius 1 is 0.833 bits per heavy atom. The van der Waals surface area contributed by atoms with Crippen molar-refractivity contribution in [3.05, 3.63) is 85.7 Å². The van der Waals surface area contributed by atoms with E-state index in [4.69, 9.17) is 9.52 Å². The molecule has 3 rings (SSSR count). The van der Waals surface area contributed by atoms with Crippen molar-refractivity contribution in [1.29, 1.82) is 0 Å². The summed E-state index contributed by atoms with van der Waals surface area (Å²) in [5, 5.41) is 30.9. The van der Waals surface area contributed by atoms with Crippen LogP contribution in [0.25, 0.3) is 28.5 Å². The first-order chi connectivity index (χ1) is 16.6. The molecule has 9 nitrogen and oxygen atoms in total. The molecule has 0 aliphatic heterocycles. The quantitative estimate of drug-likeness (QED) is 0.169. The maximum Gasteiger partial charge on any atom is 0.423 e. The molecule has 0 atom stereocenters. The van der Waals surface area contributed by atoms with Crippen LogP contribution in [0.3, 0.4) is 0 Å². The molecule has 3 aromatic rings. The molecular weight excluding hydrogens is 506 g/mol. The normalized spacial score (nSPS) is 12.2. The van der Waals surface area contributed by atoms with Gasteiger partial charge in [-0.2, -0.15) is 26.3 Å². The molecule has 0 bridgehead atoms. The third kappa shape index (κ3) is 5.34. The number of carboxylic acid groups (broad SMARTS) is 1. The van der Waals surface area contributed by atoms with Crippen LogP contribution >= 0.6 is 0 Å². The molecule has 0 fully saturated rings. The highest BCUT2D eigenvalue weighted by molar-refractivity contribution is 5.87. The zero-order valence-electron chi connectivity index (χ0n) is 17.3. The van der Waals surface area contributed by atoms with E-state index in [2.05, 4.69) is 0 Å². The number of benzene rings is 2. The third-order valence-electron chi connectivity index (χ3n) is 4.71. The van der Waals surface area contributed by atoms with Gasteiger partial charge in [0.2, 0.25) is 0 Å². The Hall–Kier alpha value is -4.69. The highest BCUT2D eigenvalue weighted by atomic mass is 19.4. The van der Waals surface area contributed by atoms with E-state index in [9.17, 15) is 51.4 Å². The fourth-order valence-electron chi connectivity index (χ4n) is 3.23. The van der Waals surface area contributed by atoms with Crippen LogP contribution in [0.15, 0.2) is 53.0 Å². The van der Waals surface area contributed by atoms with Gasteiger partial charge in [-0.05, 0) is 42.0 Å². The second-order valence-corrected chi connectivity index (χ2v) is 7.04. The Bertz CT molecular complexity index is 1310. The van der Waals surface area contributed by atoms with E-state index in [0.29, 0.717) is 30.3 Å². The molecular formula is C21H10F6N2O7. The second-order valence-electron chi connectivity index (χ2n) is 7.04. The topological polar surface area (TPSA) is 137 Å². The molecule has 188 valence electrons. The summed E-state index contributed by atoms with van der Waals surface area (Å²) in [6.45, 7) is 0. The van der Waals surface area contributed by atoms with Crippen LogP contribution in [0, 0.1) is 20.2 Å². The fraction of sp³-hybridized carbons (Fsp3) is 0.0952. The first-order valence-corrected chi connectivity index (χ1v) is 9.36. The van der Waals surface area contributed by atoms with Gasteiger partial charge in [-0.3, -0.25) is 20.2 Å². The second kappa shape index (κ2) is 9.16. The zero-order valence-corrected chi connectivity index (χ0v) is 17.3. The molecule has 36 heavy (non-hydrogen) atoms. The van der Waals surface area contributed by atoms with Crippen molar-refractivity contribution in [3.8, 4) is 22.5 Å². The smallest absolute Gasteiger partial charge is 0.423 e. The highest BCUT2D eigenvalue weighted by Crippen LogP contribution is 2.44. The van der Waals surface area contributed by atoms with Crippen LogP contribution in [0.5, 0.6) is 0 Å². The lowest BCUT2D eigenvalue weighted by molar-refractivity contribution is -0.388. The minimum Gasteiger partial charge on any atom is -0.478 e. The van der Waals surface area contributed by atoms with E-state index in [-0.39, 0.29) is 16.9 Å². The van der Waals surface area contributed by atoms with Gasteiger partial charge in [0.15, 0.2) is 0 Å². The average Bonchev–Trinajstić information content (AvgIpc) is 3.20. The highest BCUT2D eigenvalue weighted by Gasteiger charge is 2.40. The van der Waals surface area contributed by atoms with Gasteiger partial charge in [0.05, 0.1) is 9.85 Å². The summed E-state index contributed by atoms with van der Waals surface area (Å²) in [6, 6.07) is 4.55. The predicted octanol–water partition coefficient (Wildman–Crippen LogP) is 6.57. The largest absolute Gasteiger partial charge is 0.478 e. The van der Waals surface area contributed by atoms with Crippen molar-refractivity contribution in [2.45, 2.75) is 12.4 Å². The Morgan fingerprint density at radius 3 is 1.75 bits per heavy atom. The lowest BCUT2D eigenvalue weighted by atomic mass is 9.97. The average molecular weight is 516 g/mol. The number of rotatable bonds is 6. The molecule has 0 amide bonds. The maximum atomic E-state index is 13.5. The molecule has 0 aliphatic rings. The summed E-state index contributed by atoms with van der Waals surface area (Å²) in [5.41, 5.74) is -6.99. The van der Waals surface area contributed by atoms with Gasteiger partial charge in [0.25, 0.3) is 11.4 Å². The number of hydrogen-bond donors (Lipinski definition) is 1. The Morgan fingerprint density at radius 2 is 1.31 bits per heavy atom. The molecule has 0 saturated carbocycles. The van der Waals surface area contributed by atoms with Gasteiger partial charge in [-0.15, -0.1) is 0 Å². The van der Waals surface area contributed by atoms with Crippen molar-refractivity contribution in [3.63, 3.8) is 0 Å².